The largest absolute Gasteiger partial charge is 0.325 e. The molecule has 0 spiro atoms. The van der Waals surface area contributed by atoms with E-state index in [4.69, 9.17) is 10.7 Å². The number of rotatable bonds is 1. The zero-order valence-corrected chi connectivity index (χ0v) is 13.8. The standard InChI is InChI=1S/C15H19BrN4/c1-15(2,3)9-5-6-11-10(7-9)18-14-19(4)12(8-17)13(16)20(11)14/h5-7H,8,17H2,1-4H3. The van der Waals surface area contributed by atoms with Gasteiger partial charge in [0, 0.05) is 13.6 Å². The first kappa shape index (κ1) is 13.6. The lowest BCUT2D eigenvalue weighted by molar-refractivity contribution is 0.591. The lowest BCUT2D eigenvalue weighted by atomic mass is 9.87. The van der Waals surface area contributed by atoms with Crippen molar-refractivity contribution in [2.75, 3.05) is 0 Å². The molecule has 4 nitrogen and oxygen atoms in total. The van der Waals surface area contributed by atoms with Crippen molar-refractivity contribution >= 4 is 32.7 Å². The van der Waals surface area contributed by atoms with Crippen LogP contribution in [0.1, 0.15) is 32.0 Å². The van der Waals surface area contributed by atoms with Gasteiger partial charge in [-0.25, -0.2) is 4.98 Å². The molecule has 0 aliphatic carbocycles. The van der Waals surface area contributed by atoms with E-state index in [0.29, 0.717) is 6.54 Å². The monoisotopic (exact) mass is 334 g/mol. The molecule has 2 heterocycles. The number of imidazole rings is 2. The van der Waals surface area contributed by atoms with E-state index in [-0.39, 0.29) is 5.41 Å². The molecular formula is C15H19BrN4. The smallest absolute Gasteiger partial charge is 0.215 e. The number of hydrogen-bond donors (Lipinski definition) is 1. The van der Waals surface area contributed by atoms with Crippen LogP contribution in [0.2, 0.25) is 0 Å². The van der Waals surface area contributed by atoms with Crippen LogP contribution < -0.4 is 5.73 Å². The number of halogens is 1. The minimum Gasteiger partial charge on any atom is -0.325 e. The molecule has 0 saturated heterocycles. The molecule has 0 saturated carbocycles. The lowest BCUT2D eigenvalue weighted by Gasteiger charge is -2.18. The quantitative estimate of drug-likeness (QED) is 0.741. The first-order chi connectivity index (χ1) is 9.34. The van der Waals surface area contributed by atoms with Crippen LogP contribution in [0, 0.1) is 0 Å². The number of nitrogens with two attached hydrogens (primary N) is 1. The van der Waals surface area contributed by atoms with Crippen molar-refractivity contribution in [1.29, 1.82) is 0 Å². The first-order valence-electron chi connectivity index (χ1n) is 6.70. The number of nitrogens with zero attached hydrogens (tertiary/aromatic N) is 3. The Morgan fingerprint density at radius 3 is 2.60 bits per heavy atom. The Hall–Kier alpha value is -1.33. The van der Waals surface area contributed by atoms with Gasteiger partial charge in [-0.3, -0.25) is 4.40 Å². The van der Waals surface area contributed by atoms with Gasteiger partial charge < -0.3 is 10.3 Å². The fourth-order valence-electron chi connectivity index (χ4n) is 2.56. The summed E-state index contributed by atoms with van der Waals surface area (Å²) in [6.07, 6.45) is 0. The summed E-state index contributed by atoms with van der Waals surface area (Å²) in [7, 11) is 2.00. The summed E-state index contributed by atoms with van der Waals surface area (Å²) >= 11 is 3.64. The molecule has 2 aromatic heterocycles. The fourth-order valence-corrected chi connectivity index (χ4v) is 3.34. The van der Waals surface area contributed by atoms with Gasteiger partial charge in [-0.2, -0.15) is 0 Å². The van der Waals surface area contributed by atoms with Crippen LogP contribution in [0.4, 0.5) is 0 Å². The molecule has 5 heteroatoms. The molecular weight excluding hydrogens is 316 g/mol. The van der Waals surface area contributed by atoms with Crippen molar-refractivity contribution in [1.82, 2.24) is 14.0 Å². The molecule has 2 N–H and O–H groups in total. The van der Waals surface area contributed by atoms with Crippen molar-refractivity contribution < 1.29 is 0 Å². The minimum atomic E-state index is 0.129. The summed E-state index contributed by atoms with van der Waals surface area (Å²) in [6, 6.07) is 6.50. The van der Waals surface area contributed by atoms with Gasteiger partial charge in [-0.05, 0) is 39.0 Å². The molecule has 0 unspecified atom stereocenters. The maximum atomic E-state index is 5.81. The third-order valence-electron chi connectivity index (χ3n) is 3.84. The van der Waals surface area contributed by atoms with Crippen molar-refractivity contribution in [3.63, 3.8) is 0 Å². The summed E-state index contributed by atoms with van der Waals surface area (Å²) in [5.41, 5.74) is 10.4. The van der Waals surface area contributed by atoms with Crippen molar-refractivity contribution in [3.05, 3.63) is 34.1 Å². The van der Waals surface area contributed by atoms with Crippen molar-refractivity contribution in [3.8, 4) is 0 Å². The van der Waals surface area contributed by atoms with E-state index < -0.39 is 0 Å². The number of benzene rings is 1. The van der Waals surface area contributed by atoms with Gasteiger partial charge in [-0.15, -0.1) is 0 Å². The zero-order valence-electron chi connectivity index (χ0n) is 12.2. The number of aryl methyl sites for hydroxylation is 1. The van der Waals surface area contributed by atoms with Gasteiger partial charge in [0.1, 0.15) is 4.60 Å². The Bertz CT molecular complexity index is 805. The van der Waals surface area contributed by atoms with Gasteiger partial charge in [0.15, 0.2) is 0 Å². The second kappa shape index (κ2) is 4.33. The highest BCUT2D eigenvalue weighted by Crippen LogP contribution is 2.30. The lowest BCUT2D eigenvalue weighted by Crippen LogP contribution is -2.10. The third-order valence-corrected chi connectivity index (χ3v) is 4.65. The molecule has 0 aliphatic rings. The van der Waals surface area contributed by atoms with E-state index in [1.807, 2.05) is 11.6 Å². The highest BCUT2D eigenvalue weighted by atomic mass is 79.9. The van der Waals surface area contributed by atoms with E-state index in [9.17, 15) is 0 Å². The summed E-state index contributed by atoms with van der Waals surface area (Å²) < 4.78 is 5.15. The molecule has 0 fully saturated rings. The molecule has 1 aromatic carbocycles. The second-order valence-electron chi connectivity index (χ2n) is 6.20. The van der Waals surface area contributed by atoms with E-state index >= 15 is 0 Å². The Morgan fingerprint density at radius 2 is 2.00 bits per heavy atom. The van der Waals surface area contributed by atoms with E-state index in [1.54, 1.807) is 0 Å². The number of hydrogen-bond acceptors (Lipinski definition) is 2. The van der Waals surface area contributed by atoms with Crippen LogP contribution in [-0.2, 0) is 19.0 Å². The molecule has 0 aliphatic heterocycles. The highest BCUT2D eigenvalue weighted by Gasteiger charge is 2.19. The maximum absolute atomic E-state index is 5.81. The van der Waals surface area contributed by atoms with Gasteiger partial charge in [-0.1, -0.05) is 26.8 Å². The summed E-state index contributed by atoms with van der Waals surface area (Å²) in [4.78, 5) is 4.76. The first-order valence-corrected chi connectivity index (χ1v) is 7.49. The molecule has 0 radical (unpaired) electrons. The zero-order chi connectivity index (χ0) is 14.7. The molecule has 20 heavy (non-hydrogen) atoms. The van der Waals surface area contributed by atoms with E-state index in [1.165, 1.54) is 5.56 Å². The minimum absolute atomic E-state index is 0.129. The summed E-state index contributed by atoms with van der Waals surface area (Å²) in [6.45, 7) is 7.13. The Balaban J connectivity index is 2.36. The predicted octanol–water partition coefficient (Wildman–Crippen LogP) is 3.34. The van der Waals surface area contributed by atoms with Gasteiger partial charge >= 0.3 is 0 Å². The molecule has 0 atom stereocenters. The van der Waals surface area contributed by atoms with Crippen LogP contribution >= 0.6 is 15.9 Å². The van der Waals surface area contributed by atoms with Gasteiger partial charge in [0.25, 0.3) is 0 Å². The molecule has 3 rings (SSSR count). The predicted molar refractivity (Wildman–Crippen MR) is 86.0 cm³/mol. The normalized spacial score (nSPS) is 12.7. The Morgan fingerprint density at radius 1 is 1.30 bits per heavy atom. The van der Waals surface area contributed by atoms with Crippen LogP contribution in [0.5, 0.6) is 0 Å². The van der Waals surface area contributed by atoms with Crippen LogP contribution in [0.15, 0.2) is 22.8 Å². The molecule has 106 valence electrons. The number of fused-ring (bicyclic) bond motifs is 3. The molecule has 0 bridgehead atoms. The SMILES string of the molecule is Cn1c(CN)c(Br)n2c3ccc(C(C)(C)C)cc3nc12. The summed E-state index contributed by atoms with van der Waals surface area (Å²) in [5, 5.41) is 0. The van der Waals surface area contributed by atoms with E-state index in [2.05, 4.69) is 59.3 Å². The van der Waals surface area contributed by atoms with Crippen LogP contribution in [0.25, 0.3) is 16.8 Å². The average Bonchev–Trinajstić information content (AvgIpc) is 2.85. The maximum Gasteiger partial charge on any atom is 0.215 e. The van der Waals surface area contributed by atoms with Crippen molar-refractivity contribution in [2.45, 2.75) is 32.7 Å². The van der Waals surface area contributed by atoms with Gasteiger partial charge in [0.2, 0.25) is 5.78 Å². The Kier molecular flexibility index (Phi) is 2.95. The molecule has 0 amide bonds. The average molecular weight is 335 g/mol. The Labute approximate surface area is 126 Å². The fraction of sp³-hybridized carbons (Fsp3) is 0.400. The highest BCUT2D eigenvalue weighted by molar-refractivity contribution is 9.10. The van der Waals surface area contributed by atoms with Crippen LogP contribution in [0.3, 0.4) is 0 Å². The third kappa shape index (κ3) is 1.80. The van der Waals surface area contributed by atoms with Crippen molar-refractivity contribution in [2.24, 2.45) is 12.8 Å². The number of aromatic nitrogens is 3. The molecule has 3 aromatic rings. The van der Waals surface area contributed by atoms with Crippen LogP contribution in [-0.4, -0.2) is 14.0 Å². The second-order valence-corrected chi connectivity index (χ2v) is 6.95. The van der Waals surface area contributed by atoms with E-state index in [0.717, 1.165) is 27.1 Å². The van der Waals surface area contributed by atoms with Gasteiger partial charge in [0.05, 0.1) is 16.7 Å². The summed E-state index contributed by atoms with van der Waals surface area (Å²) in [5.74, 6) is 0.915. The topological polar surface area (TPSA) is 48.2 Å².